The van der Waals surface area contributed by atoms with Crippen molar-refractivity contribution < 1.29 is 9.53 Å². The zero-order chi connectivity index (χ0) is 15.5. The van der Waals surface area contributed by atoms with Gasteiger partial charge in [0, 0.05) is 17.7 Å². The summed E-state index contributed by atoms with van der Waals surface area (Å²) in [5, 5.41) is 0.946. The molecule has 1 fully saturated rings. The van der Waals surface area contributed by atoms with Crippen LogP contribution in [0.4, 0.5) is 5.82 Å². The van der Waals surface area contributed by atoms with Gasteiger partial charge in [-0.2, -0.15) is 0 Å². The Balaban J connectivity index is 2.04. The molecule has 0 atom stereocenters. The molecule has 0 aromatic carbocycles. The zero-order valence-electron chi connectivity index (χ0n) is 12.9. The van der Waals surface area contributed by atoms with Gasteiger partial charge >= 0.3 is 5.97 Å². The SMILES string of the molecule is CCCc1nc(N)c(C)c(SCC2(CC(=O)OC)CC2)n1. The van der Waals surface area contributed by atoms with E-state index in [2.05, 4.69) is 16.9 Å². The highest BCUT2D eigenvalue weighted by Gasteiger charge is 2.44. The van der Waals surface area contributed by atoms with Crippen LogP contribution in [0.15, 0.2) is 5.03 Å². The Morgan fingerprint density at radius 1 is 1.43 bits per heavy atom. The lowest BCUT2D eigenvalue weighted by Gasteiger charge is -2.14. The summed E-state index contributed by atoms with van der Waals surface area (Å²) in [5.74, 6) is 2.12. The number of carbonyl (C=O) groups excluding carboxylic acids is 1. The number of aryl methyl sites for hydroxylation is 1. The van der Waals surface area contributed by atoms with Gasteiger partial charge < -0.3 is 10.5 Å². The maximum Gasteiger partial charge on any atom is 0.306 e. The van der Waals surface area contributed by atoms with Crippen molar-refractivity contribution in [1.29, 1.82) is 0 Å². The van der Waals surface area contributed by atoms with Gasteiger partial charge in [0.2, 0.25) is 0 Å². The molecule has 0 bridgehead atoms. The molecule has 0 aliphatic heterocycles. The van der Waals surface area contributed by atoms with E-state index in [1.165, 1.54) is 7.11 Å². The van der Waals surface area contributed by atoms with E-state index in [1.807, 2.05) is 6.92 Å². The van der Waals surface area contributed by atoms with Gasteiger partial charge in [-0.15, -0.1) is 11.8 Å². The van der Waals surface area contributed by atoms with Crippen LogP contribution < -0.4 is 5.73 Å². The molecule has 2 rings (SSSR count). The lowest BCUT2D eigenvalue weighted by molar-refractivity contribution is -0.141. The summed E-state index contributed by atoms with van der Waals surface area (Å²) in [4.78, 5) is 20.4. The van der Waals surface area contributed by atoms with Crippen LogP contribution in [0, 0.1) is 12.3 Å². The van der Waals surface area contributed by atoms with E-state index in [4.69, 9.17) is 10.5 Å². The Morgan fingerprint density at radius 2 is 2.14 bits per heavy atom. The maximum absolute atomic E-state index is 11.5. The van der Waals surface area contributed by atoms with Crippen LogP contribution in [0.3, 0.4) is 0 Å². The number of anilines is 1. The van der Waals surface area contributed by atoms with Gasteiger partial charge in [0.1, 0.15) is 16.7 Å². The fourth-order valence-corrected chi connectivity index (χ4v) is 3.51. The van der Waals surface area contributed by atoms with Crippen molar-refractivity contribution in [3.8, 4) is 0 Å². The summed E-state index contributed by atoms with van der Waals surface area (Å²) in [6.07, 6.45) is 4.50. The Kier molecular flexibility index (Phi) is 5.08. The predicted molar refractivity (Wildman–Crippen MR) is 84.2 cm³/mol. The fraction of sp³-hybridized carbons (Fsp3) is 0.667. The molecule has 6 heteroatoms. The highest BCUT2D eigenvalue weighted by molar-refractivity contribution is 7.99. The first kappa shape index (κ1) is 16.1. The standard InChI is InChI=1S/C15H23N3O2S/c1-4-5-11-17-13(16)10(2)14(18-11)21-9-15(6-7-15)8-12(19)20-3/h4-9H2,1-3H3,(H2,16,17,18). The normalized spacial score (nSPS) is 15.8. The smallest absolute Gasteiger partial charge is 0.306 e. The minimum Gasteiger partial charge on any atom is -0.469 e. The highest BCUT2D eigenvalue weighted by atomic mass is 32.2. The summed E-state index contributed by atoms with van der Waals surface area (Å²) in [7, 11) is 1.44. The molecule has 1 aliphatic carbocycles. The maximum atomic E-state index is 11.5. The monoisotopic (exact) mass is 309 g/mol. The van der Waals surface area contributed by atoms with E-state index in [1.54, 1.807) is 11.8 Å². The van der Waals surface area contributed by atoms with E-state index in [0.717, 1.165) is 47.8 Å². The first-order chi connectivity index (χ1) is 9.99. The van der Waals surface area contributed by atoms with Gasteiger partial charge in [-0.25, -0.2) is 9.97 Å². The third-order valence-corrected chi connectivity index (χ3v) is 5.31. The fourth-order valence-electron chi connectivity index (χ4n) is 2.18. The lowest BCUT2D eigenvalue weighted by Crippen LogP contribution is -2.13. The third-order valence-electron chi connectivity index (χ3n) is 3.88. The molecule has 21 heavy (non-hydrogen) atoms. The molecule has 1 aromatic heterocycles. The van der Waals surface area contributed by atoms with Gasteiger partial charge in [0.25, 0.3) is 0 Å². The molecule has 0 saturated heterocycles. The number of thioether (sulfide) groups is 1. The first-order valence-electron chi connectivity index (χ1n) is 7.32. The number of aromatic nitrogens is 2. The molecule has 0 unspecified atom stereocenters. The molecule has 1 heterocycles. The molecule has 5 nitrogen and oxygen atoms in total. The second kappa shape index (κ2) is 6.64. The average Bonchev–Trinajstić information content (AvgIpc) is 3.21. The zero-order valence-corrected chi connectivity index (χ0v) is 13.8. The highest BCUT2D eigenvalue weighted by Crippen LogP contribution is 2.52. The molecular weight excluding hydrogens is 286 g/mol. The van der Waals surface area contributed by atoms with Gasteiger partial charge in [-0.3, -0.25) is 4.79 Å². The van der Waals surface area contributed by atoms with Crippen molar-refractivity contribution in [1.82, 2.24) is 9.97 Å². The molecule has 0 radical (unpaired) electrons. The van der Waals surface area contributed by atoms with Gasteiger partial charge in [-0.05, 0) is 31.6 Å². The topological polar surface area (TPSA) is 78.1 Å². The molecule has 1 aliphatic rings. The summed E-state index contributed by atoms with van der Waals surface area (Å²) < 4.78 is 4.78. The minimum atomic E-state index is -0.126. The van der Waals surface area contributed by atoms with Crippen LogP contribution in [-0.4, -0.2) is 28.8 Å². The summed E-state index contributed by atoms with van der Waals surface area (Å²) in [6.45, 7) is 4.05. The Bertz CT molecular complexity index is 530. The van der Waals surface area contributed by atoms with Crippen LogP contribution in [0.1, 0.15) is 44.0 Å². The third kappa shape index (κ3) is 4.09. The van der Waals surface area contributed by atoms with Crippen molar-refractivity contribution in [2.24, 2.45) is 5.41 Å². The van der Waals surface area contributed by atoms with E-state index in [0.29, 0.717) is 12.2 Å². The largest absolute Gasteiger partial charge is 0.469 e. The Morgan fingerprint density at radius 3 is 2.71 bits per heavy atom. The molecule has 2 N–H and O–H groups in total. The number of rotatable bonds is 7. The van der Waals surface area contributed by atoms with Crippen molar-refractivity contribution in [2.75, 3.05) is 18.6 Å². The molecule has 1 saturated carbocycles. The number of nitrogen functional groups attached to an aromatic ring is 1. The second-order valence-electron chi connectivity index (χ2n) is 5.75. The number of nitrogens with zero attached hydrogens (tertiary/aromatic N) is 2. The van der Waals surface area contributed by atoms with Crippen LogP contribution in [0.2, 0.25) is 0 Å². The summed E-state index contributed by atoms with van der Waals surface area (Å²) in [6, 6.07) is 0. The number of nitrogens with two attached hydrogens (primary N) is 1. The van der Waals surface area contributed by atoms with Crippen LogP contribution >= 0.6 is 11.8 Å². The lowest BCUT2D eigenvalue weighted by atomic mass is 10.1. The number of esters is 1. The number of hydrogen-bond acceptors (Lipinski definition) is 6. The number of ether oxygens (including phenoxy) is 1. The number of carbonyl (C=O) groups is 1. The molecule has 0 spiro atoms. The van der Waals surface area contributed by atoms with Gasteiger partial charge in [-0.1, -0.05) is 6.92 Å². The van der Waals surface area contributed by atoms with Gasteiger partial charge in [0.15, 0.2) is 0 Å². The average molecular weight is 309 g/mol. The van der Waals surface area contributed by atoms with Crippen molar-refractivity contribution in [2.45, 2.75) is 51.0 Å². The second-order valence-corrected chi connectivity index (χ2v) is 6.71. The first-order valence-corrected chi connectivity index (χ1v) is 8.31. The van der Waals surface area contributed by atoms with Crippen LogP contribution in [0.5, 0.6) is 0 Å². The van der Waals surface area contributed by atoms with E-state index in [9.17, 15) is 4.79 Å². The Hall–Kier alpha value is -1.30. The van der Waals surface area contributed by atoms with E-state index < -0.39 is 0 Å². The predicted octanol–water partition coefficient (Wildman–Crippen LogP) is 2.76. The number of hydrogen-bond donors (Lipinski definition) is 1. The molecule has 1 aromatic rings. The van der Waals surface area contributed by atoms with Crippen molar-refractivity contribution in [3.63, 3.8) is 0 Å². The quantitative estimate of drug-likeness (QED) is 0.474. The van der Waals surface area contributed by atoms with Crippen molar-refractivity contribution >= 4 is 23.5 Å². The minimum absolute atomic E-state index is 0.0921. The molecule has 116 valence electrons. The number of methoxy groups -OCH3 is 1. The summed E-state index contributed by atoms with van der Waals surface area (Å²) >= 11 is 1.68. The molecular formula is C15H23N3O2S. The van der Waals surface area contributed by atoms with Gasteiger partial charge in [0.05, 0.1) is 13.5 Å². The summed E-state index contributed by atoms with van der Waals surface area (Å²) in [5.41, 5.74) is 7.00. The van der Waals surface area contributed by atoms with Crippen LogP contribution in [0.25, 0.3) is 0 Å². The van der Waals surface area contributed by atoms with E-state index in [-0.39, 0.29) is 11.4 Å². The Labute approximate surface area is 130 Å². The van der Waals surface area contributed by atoms with Crippen molar-refractivity contribution in [3.05, 3.63) is 11.4 Å². The van der Waals surface area contributed by atoms with E-state index >= 15 is 0 Å². The molecule has 0 amide bonds. The van der Waals surface area contributed by atoms with Crippen LogP contribution in [-0.2, 0) is 16.0 Å².